The molecule has 2 unspecified atom stereocenters. The smallest absolute Gasteiger partial charge is 0.138 e. The van der Waals surface area contributed by atoms with Gasteiger partial charge in [-0.15, -0.1) is 0 Å². The summed E-state index contributed by atoms with van der Waals surface area (Å²) >= 11 is 0. The van der Waals surface area contributed by atoms with Gasteiger partial charge in [-0.3, -0.25) is 0 Å². The molecule has 1 aromatic heterocycles. The lowest BCUT2D eigenvalue weighted by atomic mass is 9.91. The number of fused-ring (bicyclic) bond motifs is 1. The van der Waals surface area contributed by atoms with Crippen LogP contribution in [-0.2, 0) is 0 Å². The molecule has 4 nitrogen and oxygen atoms in total. The van der Waals surface area contributed by atoms with E-state index in [1.165, 1.54) is 5.56 Å². The summed E-state index contributed by atoms with van der Waals surface area (Å²) < 4.78 is 2.04. The fourth-order valence-corrected chi connectivity index (χ4v) is 2.61. The molecule has 3 rings (SSSR count). The molecule has 0 radical (unpaired) electrons. The highest BCUT2D eigenvalue weighted by atomic mass is 15.4. The van der Waals surface area contributed by atoms with Crippen LogP contribution in [0, 0.1) is 0 Å². The summed E-state index contributed by atoms with van der Waals surface area (Å²) in [5.74, 6) is 1.39. The predicted octanol–water partition coefficient (Wildman–Crippen LogP) is 1.70. The van der Waals surface area contributed by atoms with E-state index in [9.17, 15) is 0 Å². The molecular weight excluding hydrogens is 212 g/mol. The van der Waals surface area contributed by atoms with E-state index in [-0.39, 0.29) is 0 Å². The molecular formula is C13H16N4. The Balaban J connectivity index is 2.00. The van der Waals surface area contributed by atoms with Crippen molar-refractivity contribution in [2.24, 2.45) is 5.73 Å². The maximum atomic E-state index is 5.78. The second-order valence-electron chi connectivity index (χ2n) is 4.50. The molecule has 1 aromatic carbocycles. The first kappa shape index (κ1) is 10.5. The van der Waals surface area contributed by atoms with Crippen LogP contribution < -0.4 is 5.73 Å². The van der Waals surface area contributed by atoms with Crippen LogP contribution in [0.3, 0.4) is 0 Å². The van der Waals surface area contributed by atoms with Crippen LogP contribution in [0.5, 0.6) is 0 Å². The molecule has 88 valence electrons. The maximum Gasteiger partial charge on any atom is 0.138 e. The van der Waals surface area contributed by atoms with Gasteiger partial charge < -0.3 is 5.73 Å². The Bertz CT molecular complexity index is 491. The summed E-state index contributed by atoms with van der Waals surface area (Å²) in [5.41, 5.74) is 7.08. The third kappa shape index (κ3) is 1.74. The number of rotatable bonds is 2. The van der Waals surface area contributed by atoms with E-state index in [4.69, 9.17) is 5.73 Å². The fraction of sp³-hybridized carbons (Fsp3) is 0.385. The van der Waals surface area contributed by atoms with Crippen LogP contribution in [0.15, 0.2) is 36.7 Å². The lowest BCUT2D eigenvalue weighted by Crippen LogP contribution is -2.27. The predicted molar refractivity (Wildman–Crippen MR) is 65.6 cm³/mol. The summed E-state index contributed by atoms with van der Waals surface area (Å²) in [6.45, 7) is 0.653. The number of nitrogens with two attached hydrogens (primary N) is 1. The summed E-state index contributed by atoms with van der Waals surface area (Å²) in [6, 6.07) is 10.8. The van der Waals surface area contributed by atoms with Gasteiger partial charge in [0.2, 0.25) is 0 Å². The molecule has 2 aromatic rings. The van der Waals surface area contributed by atoms with E-state index in [0.29, 0.717) is 18.5 Å². The lowest BCUT2D eigenvalue weighted by Gasteiger charge is -2.28. The molecule has 2 heterocycles. The quantitative estimate of drug-likeness (QED) is 0.851. The molecule has 0 amide bonds. The summed E-state index contributed by atoms with van der Waals surface area (Å²) in [5, 5.41) is 4.36. The Kier molecular flexibility index (Phi) is 2.65. The molecule has 17 heavy (non-hydrogen) atoms. The first-order valence-corrected chi connectivity index (χ1v) is 6.04. The van der Waals surface area contributed by atoms with Gasteiger partial charge in [0.05, 0.1) is 6.04 Å². The largest absolute Gasteiger partial charge is 0.330 e. The molecule has 0 bridgehead atoms. The second kappa shape index (κ2) is 4.30. The van der Waals surface area contributed by atoms with Crippen molar-refractivity contribution in [1.82, 2.24) is 14.8 Å². The highest BCUT2D eigenvalue weighted by molar-refractivity contribution is 5.22. The average Bonchev–Trinajstić information content (AvgIpc) is 2.88. The molecule has 0 aliphatic carbocycles. The normalized spacial score (nSPS) is 23.4. The fourth-order valence-electron chi connectivity index (χ4n) is 2.61. The van der Waals surface area contributed by atoms with Crippen LogP contribution in [0.2, 0.25) is 0 Å². The van der Waals surface area contributed by atoms with Gasteiger partial charge in [0.1, 0.15) is 12.2 Å². The van der Waals surface area contributed by atoms with Crippen LogP contribution >= 0.6 is 0 Å². The Labute approximate surface area is 100 Å². The standard InChI is InChI=1S/C13H16N4/c14-8-11-6-7-12(10-4-2-1-3-5-10)17-13(11)15-9-16-17/h1-5,9,11-12H,6-8,14H2. The topological polar surface area (TPSA) is 56.7 Å². The Hall–Kier alpha value is -1.68. The zero-order valence-electron chi connectivity index (χ0n) is 9.66. The van der Waals surface area contributed by atoms with Gasteiger partial charge >= 0.3 is 0 Å². The van der Waals surface area contributed by atoms with Crippen molar-refractivity contribution in [2.45, 2.75) is 24.8 Å². The van der Waals surface area contributed by atoms with Crippen LogP contribution in [0.4, 0.5) is 0 Å². The van der Waals surface area contributed by atoms with Crippen LogP contribution in [-0.4, -0.2) is 21.3 Å². The third-order valence-electron chi connectivity index (χ3n) is 3.52. The molecule has 4 heteroatoms. The lowest BCUT2D eigenvalue weighted by molar-refractivity contribution is 0.368. The van der Waals surface area contributed by atoms with Crippen molar-refractivity contribution >= 4 is 0 Å². The minimum Gasteiger partial charge on any atom is -0.330 e. The number of nitrogens with zero attached hydrogens (tertiary/aromatic N) is 3. The van der Waals surface area contributed by atoms with Crippen LogP contribution in [0.25, 0.3) is 0 Å². The molecule has 1 aliphatic heterocycles. The van der Waals surface area contributed by atoms with Gasteiger partial charge in [-0.05, 0) is 18.4 Å². The van der Waals surface area contributed by atoms with Gasteiger partial charge in [0, 0.05) is 12.5 Å². The van der Waals surface area contributed by atoms with Gasteiger partial charge in [-0.25, -0.2) is 9.67 Å². The van der Waals surface area contributed by atoms with Crippen molar-refractivity contribution in [3.05, 3.63) is 48.0 Å². The third-order valence-corrected chi connectivity index (χ3v) is 3.52. The first-order chi connectivity index (χ1) is 8.40. The van der Waals surface area contributed by atoms with E-state index in [1.54, 1.807) is 6.33 Å². The van der Waals surface area contributed by atoms with Crippen molar-refractivity contribution in [1.29, 1.82) is 0 Å². The van der Waals surface area contributed by atoms with Gasteiger partial charge in [0.15, 0.2) is 0 Å². The number of aromatic nitrogens is 3. The zero-order chi connectivity index (χ0) is 11.7. The van der Waals surface area contributed by atoms with Gasteiger partial charge in [0.25, 0.3) is 0 Å². The highest BCUT2D eigenvalue weighted by Crippen LogP contribution is 2.34. The SMILES string of the molecule is NCC1CCC(c2ccccc2)n2ncnc21. The second-order valence-corrected chi connectivity index (χ2v) is 4.50. The van der Waals surface area contributed by atoms with Crippen LogP contribution in [0.1, 0.15) is 36.2 Å². The van der Waals surface area contributed by atoms with Gasteiger partial charge in [-0.2, -0.15) is 5.10 Å². The highest BCUT2D eigenvalue weighted by Gasteiger charge is 2.28. The minimum atomic E-state index is 0.316. The summed E-state index contributed by atoms with van der Waals surface area (Å²) in [6.07, 6.45) is 3.82. The number of benzene rings is 1. The molecule has 0 saturated heterocycles. The van der Waals surface area contributed by atoms with Gasteiger partial charge in [-0.1, -0.05) is 30.3 Å². The van der Waals surface area contributed by atoms with Crippen molar-refractivity contribution < 1.29 is 0 Å². The molecule has 1 aliphatic rings. The van der Waals surface area contributed by atoms with E-state index in [2.05, 4.69) is 34.3 Å². The molecule has 0 fully saturated rings. The van der Waals surface area contributed by atoms with Crippen molar-refractivity contribution in [3.63, 3.8) is 0 Å². The average molecular weight is 228 g/mol. The first-order valence-electron chi connectivity index (χ1n) is 6.04. The number of hydrogen-bond acceptors (Lipinski definition) is 3. The summed E-state index contributed by atoms with van der Waals surface area (Å²) in [4.78, 5) is 4.36. The molecule has 2 N–H and O–H groups in total. The van der Waals surface area contributed by atoms with E-state index in [0.717, 1.165) is 18.7 Å². The zero-order valence-corrected chi connectivity index (χ0v) is 9.66. The Morgan fingerprint density at radius 3 is 2.82 bits per heavy atom. The molecule has 0 saturated carbocycles. The van der Waals surface area contributed by atoms with Crippen molar-refractivity contribution in [3.8, 4) is 0 Å². The van der Waals surface area contributed by atoms with Crippen molar-refractivity contribution in [2.75, 3.05) is 6.54 Å². The van der Waals surface area contributed by atoms with E-state index in [1.807, 2.05) is 10.7 Å². The minimum absolute atomic E-state index is 0.316. The number of hydrogen-bond donors (Lipinski definition) is 1. The maximum absolute atomic E-state index is 5.78. The molecule has 2 atom stereocenters. The Morgan fingerprint density at radius 1 is 1.24 bits per heavy atom. The molecule has 0 spiro atoms. The monoisotopic (exact) mass is 228 g/mol. The Morgan fingerprint density at radius 2 is 2.06 bits per heavy atom. The van der Waals surface area contributed by atoms with E-state index < -0.39 is 0 Å². The summed E-state index contributed by atoms with van der Waals surface area (Å²) in [7, 11) is 0. The van der Waals surface area contributed by atoms with E-state index >= 15 is 0 Å².